The van der Waals surface area contributed by atoms with Crippen molar-refractivity contribution in [2.24, 2.45) is 4.99 Å². The Balaban J connectivity index is 2.82. The van der Waals surface area contributed by atoms with Crippen LogP contribution in [0.1, 0.15) is 20.8 Å². The summed E-state index contributed by atoms with van der Waals surface area (Å²) in [4.78, 5) is 4.25. The molecule has 1 atom stereocenters. The summed E-state index contributed by atoms with van der Waals surface area (Å²) in [5.74, 6) is 0. The summed E-state index contributed by atoms with van der Waals surface area (Å²) in [6, 6.07) is 0. The molecule has 66 valence electrons. The molecule has 0 bridgehead atoms. The number of nitrogens with zero attached hydrogens (tertiary/aromatic N) is 1. The molecule has 0 N–H and O–H groups in total. The van der Waals surface area contributed by atoms with Crippen LogP contribution in [0.15, 0.2) is 29.3 Å². The molecule has 1 rings (SSSR count). The van der Waals surface area contributed by atoms with Gasteiger partial charge in [0.2, 0.25) is 0 Å². The van der Waals surface area contributed by atoms with Crippen molar-refractivity contribution in [3.05, 3.63) is 24.3 Å². The second kappa shape index (κ2) is 3.21. The maximum absolute atomic E-state index is 13.1. The first kappa shape index (κ1) is 9.17. The highest BCUT2D eigenvalue weighted by molar-refractivity contribution is 6.01. The van der Waals surface area contributed by atoms with Gasteiger partial charge in [-0.25, -0.2) is 4.39 Å². The number of hydrogen-bond donors (Lipinski definition) is 0. The molecular formula is C10H14FN. The van der Waals surface area contributed by atoms with Crippen molar-refractivity contribution in [3.63, 3.8) is 0 Å². The zero-order valence-electron chi connectivity index (χ0n) is 7.71. The fourth-order valence-corrected chi connectivity index (χ4v) is 0.993. The molecule has 0 spiro atoms. The van der Waals surface area contributed by atoms with Gasteiger partial charge in [0.1, 0.15) is 0 Å². The molecular weight excluding hydrogens is 153 g/mol. The van der Waals surface area contributed by atoms with Crippen LogP contribution < -0.4 is 0 Å². The van der Waals surface area contributed by atoms with Crippen LogP contribution in [0.5, 0.6) is 0 Å². The van der Waals surface area contributed by atoms with E-state index >= 15 is 0 Å². The van der Waals surface area contributed by atoms with Gasteiger partial charge in [-0.1, -0.05) is 12.2 Å². The average Bonchev–Trinajstić information content (AvgIpc) is 1.91. The topological polar surface area (TPSA) is 12.4 Å². The Kier molecular flexibility index (Phi) is 2.46. The lowest BCUT2D eigenvalue weighted by Gasteiger charge is -2.16. The van der Waals surface area contributed by atoms with Crippen molar-refractivity contribution in [1.29, 1.82) is 0 Å². The Morgan fingerprint density at radius 2 is 2.00 bits per heavy atom. The average molecular weight is 167 g/mol. The van der Waals surface area contributed by atoms with E-state index in [9.17, 15) is 4.39 Å². The SMILES string of the molecule is CC(C)(C)/N=C1\C=CC=CC1F. The Hall–Kier alpha value is -0.920. The van der Waals surface area contributed by atoms with Crippen LogP contribution in [0, 0.1) is 0 Å². The van der Waals surface area contributed by atoms with Gasteiger partial charge in [-0.2, -0.15) is 0 Å². The first-order valence-electron chi connectivity index (χ1n) is 4.08. The smallest absolute Gasteiger partial charge is 0.160 e. The first-order valence-corrected chi connectivity index (χ1v) is 4.08. The van der Waals surface area contributed by atoms with Crippen LogP contribution in [0.2, 0.25) is 0 Å². The van der Waals surface area contributed by atoms with Crippen LogP contribution in [-0.2, 0) is 0 Å². The van der Waals surface area contributed by atoms with Crippen LogP contribution in [-0.4, -0.2) is 17.4 Å². The van der Waals surface area contributed by atoms with Gasteiger partial charge in [-0.3, -0.25) is 4.99 Å². The standard InChI is InChI=1S/C10H14FN/c1-10(2,3)12-9-7-5-4-6-8(9)11/h4-8H,1-3H3/b12-9+. The van der Waals surface area contributed by atoms with E-state index in [1.807, 2.05) is 20.8 Å². The number of hydrogen-bond acceptors (Lipinski definition) is 1. The zero-order chi connectivity index (χ0) is 9.19. The summed E-state index contributed by atoms with van der Waals surface area (Å²) in [6.45, 7) is 5.87. The number of halogens is 1. The third kappa shape index (κ3) is 2.61. The highest BCUT2D eigenvalue weighted by Gasteiger charge is 2.15. The minimum absolute atomic E-state index is 0.199. The maximum atomic E-state index is 13.1. The van der Waals surface area contributed by atoms with Gasteiger partial charge in [0.05, 0.1) is 11.3 Å². The highest BCUT2D eigenvalue weighted by atomic mass is 19.1. The van der Waals surface area contributed by atoms with Crippen molar-refractivity contribution in [2.45, 2.75) is 32.5 Å². The summed E-state index contributed by atoms with van der Waals surface area (Å²) >= 11 is 0. The molecule has 0 aliphatic heterocycles. The van der Waals surface area contributed by atoms with Crippen LogP contribution in [0.25, 0.3) is 0 Å². The lowest BCUT2D eigenvalue weighted by Crippen LogP contribution is -2.20. The highest BCUT2D eigenvalue weighted by Crippen LogP contribution is 2.12. The monoisotopic (exact) mass is 167 g/mol. The fraction of sp³-hybridized carbons (Fsp3) is 0.500. The molecule has 0 radical (unpaired) electrons. The molecule has 2 heteroatoms. The Morgan fingerprint density at radius 3 is 2.50 bits per heavy atom. The van der Waals surface area contributed by atoms with Crippen molar-refractivity contribution in [1.82, 2.24) is 0 Å². The Bertz CT molecular complexity index is 243. The van der Waals surface area contributed by atoms with E-state index in [-0.39, 0.29) is 5.54 Å². The summed E-state index contributed by atoms with van der Waals surface area (Å²) in [7, 11) is 0. The molecule has 0 aromatic rings. The molecule has 0 heterocycles. The predicted octanol–water partition coefficient (Wildman–Crippen LogP) is 2.69. The van der Waals surface area contributed by atoms with Gasteiger partial charge >= 0.3 is 0 Å². The third-order valence-corrected chi connectivity index (χ3v) is 1.41. The fourth-order valence-electron chi connectivity index (χ4n) is 0.993. The summed E-state index contributed by atoms with van der Waals surface area (Å²) in [6.07, 6.45) is 5.70. The van der Waals surface area contributed by atoms with Crippen LogP contribution >= 0.6 is 0 Å². The molecule has 0 aromatic heterocycles. The normalized spacial score (nSPS) is 26.7. The molecule has 0 saturated heterocycles. The molecule has 12 heavy (non-hydrogen) atoms. The molecule has 1 nitrogen and oxygen atoms in total. The van der Waals surface area contributed by atoms with E-state index in [0.29, 0.717) is 5.71 Å². The van der Waals surface area contributed by atoms with E-state index < -0.39 is 6.17 Å². The first-order chi connectivity index (χ1) is 5.49. The van der Waals surface area contributed by atoms with E-state index in [4.69, 9.17) is 0 Å². The molecule has 1 aliphatic carbocycles. The van der Waals surface area contributed by atoms with E-state index in [1.54, 1.807) is 18.2 Å². The minimum Gasteiger partial charge on any atom is -0.281 e. The molecule has 0 amide bonds. The van der Waals surface area contributed by atoms with E-state index in [0.717, 1.165) is 0 Å². The quantitative estimate of drug-likeness (QED) is 0.526. The lowest BCUT2D eigenvalue weighted by molar-refractivity contribution is 0.483. The number of aliphatic imine (C=N–C) groups is 1. The zero-order valence-corrected chi connectivity index (χ0v) is 7.71. The lowest BCUT2D eigenvalue weighted by atomic mass is 10.1. The largest absolute Gasteiger partial charge is 0.281 e. The maximum Gasteiger partial charge on any atom is 0.160 e. The third-order valence-electron chi connectivity index (χ3n) is 1.41. The van der Waals surface area contributed by atoms with Crippen molar-refractivity contribution in [2.75, 3.05) is 0 Å². The molecule has 0 saturated carbocycles. The van der Waals surface area contributed by atoms with Crippen molar-refractivity contribution < 1.29 is 4.39 Å². The number of rotatable bonds is 0. The van der Waals surface area contributed by atoms with Gasteiger partial charge in [0.15, 0.2) is 6.17 Å². The summed E-state index contributed by atoms with van der Waals surface area (Å²) in [5.41, 5.74) is 0.319. The van der Waals surface area contributed by atoms with Gasteiger partial charge < -0.3 is 0 Å². The van der Waals surface area contributed by atoms with Gasteiger partial charge in [0.25, 0.3) is 0 Å². The Labute approximate surface area is 72.7 Å². The number of alkyl halides is 1. The molecule has 1 aliphatic rings. The molecule has 0 aromatic carbocycles. The number of allylic oxidation sites excluding steroid dienone is 4. The van der Waals surface area contributed by atoms with Crippen LogP contribution in [0.3, 0.4) is 0 Å². The van der Waals surface area contributed by atoms with Crippen LogP contribution in [0.4, 0.5) is 4.39 Å². The second-order valence-corrected chi connectivity index (χ2v) is 3.85. The van der Waals surface area contributed by atoms with E-state index in [1.165, 1.54) is 6.08 Å². The van der Waals surface area contributed by atoms with Crippen molar-refractivity contribution in [3.8, 4) is 0 Å². The van der Waals surface area contributed by atoms with Gasteiger partial charge in [0, 0.05) is 0 Å². The van der Waals surface area contributed by atoms with Crippen molar-refractivity contribution >= 4 is 5.71 Å². The second-order valence-electron chi connectivity index (χ2n) is 3.85. The molecule has 1 unspecified atom stereocenters. The molecule has 0 fully saturated rings. The van der Waals surface area contributed by atoms with Gasteiger partial charge in [-0.15, -0.1) is 0 Å². The van der Waals surface area contributed by atoms with E-state index in [2.05, 4.69) is 4.99 Å². The predicted molar refractivity (Wildman–Crippen MR) is 50.4 cm³/mol. The van der Waals surface area contributed by atoms with Gasteiger partial charge in [-0.05, 0) is 32.9 Å². The summed E-state index contributed by atoms with van der Waals surface area (Å²) in [5, 5.41) is 0. The summed E-state index contributed by atoms with van der Waals surface area (Å²) < 4.78 is 13.1. The minimum atomic E-state index is -1.03. The Morgan fingerprint density at radius 1 is 1.33 bits per heavy atom.